The second kappa shape index (κ2) is 7.72. The fourth-order valence-electron chi connectivity index (χ4n) is 2.67. The summed E-state index contributed by atoms with van der Waals surface area (Å²) in [6.07, 6.45) is 0. The summed E-state index contributed by atoms with van der Waals surface area (Å²) < 4.78 is 0. The van der Waals surface area contributed by atoms with Crippen molar-refractivity contribution >= 4 is 52.9 Å². The molecule has 0 unspecified atom stereocenters. The number of carbonyl (C=O) groups is 3. The Kier molecular flexibility index (Phi) is 5.61. The fourth-order valence-corrected chi connectivity index (χ4v) is 5.08. The maximum absolute atomic E-state index is 12.3. The van der Waals surface area contributed by atoms with Crippen molar-refractivity contribution in [1.82, 2.24) is 10.2 Å². The van der Waals surface area contributed by atoms with E-state index in [9.17, 15) is 19.5 Å². The molecule has 0 bridgehead atoms. The number of hydrogen-bond donors (Lipinski definition) is 2. The number of thioether (sulfide) groups is 2. The molecule has 1 aromatic carbocycles. The van der Waals surface area contributed by atoms with Gasteiger partial charge >= 0.3 is 5.97 Å². The molecule has 9 heteroatoms. The Morgan fingerprint density at radius 1 is 1.36 bits per heavy atom. The number of nitrogens with one attached hydrogen (secondary N) is 1. The zero-order valence-electron chi connectivity index (χ0n) is 13.0. The van der Waals surface area contributed by atoms with E-state index in [-0.39, 0.29) is 23.2 Å². The SMILES string of the molecule is O=C(CSc1ccccc1)N[C@@H]1C(=O)N2C(C(=O)O)=C(CCl)CS[C@H]12. The number of hydrogen-bond acceptors (Lipinski definition) is 5. The molecule has 2 amide bonds. The van der Waals surface area contributed by atoms with Crippen LogP contribution in [0, 0.1) is 0 Å². The lowest BCUT2D eigenvalue weighted by molar-refractivity contribution is -0.150. The van der Waals surface area contributed by atoms with Gasteiger partial charge in [0.05, 0.1) is 5.75 Å². The van der Waals surface area contributed by atoms with Gasteiger partial charge in [-0.1, -0.05) is 18.2 Å². The average Bonchev–Trinajstić information content (AvgIpc) is 2.63. The predicted octanol–water partition coefficient (Wildman–Crippen LogP) is 1.76. The van der Waals surface area contributed by atoms with E-state index in [4.69, 9.17) is 11.6 Å². The van der Waals surface area contributed by atoms with Crippen LogP contribution in [0.3, 0.4) is 0 Å². The highest BCUT2D eigenvalue weighted by Crippen LogP contribution is 2.40. The number of halogens is 1. The van der Waals surface area contributed by atoms with Crippen molar-refractivity contribution in [2.45, 2.75) is 16.3 Å². The number of alkyl halides is 1. The summed E-state index contributed by atoms with van der Waals surface area (Å²) in [5.41, 5.74) is 0.473. The lowest BCUT2D eigenvalue weighted by atomic mass is 10.0. The third kappa shape index (κ3) is 3.65. The molecule has 0 aliphatic carbocycles. The standard InChI is InChI=1S/C16H15ClN2O4S2/c17-6-9-7-25-15-12(14(21)19(15)13(9)16(22)23)18-11(20)8-24-10-4-2-1-3-5-10/h1-5,12,15H,6-8H2,(H,18,20)(H,22,23)/t12-,15-/m1/s1. The monoisotopic (exact) mass is 398 g/mol. The van der Waals surface area contributed by atoms with E-state index in [1.165, 1.54) is 28.4 Å². The summed E-state index contributed by atoms with van der Waals surface area (Å²) in [5, 5.41) is 11.7. The first-order valence-corrected chi connectivity index (χ1v) is 10.0. The van der Waals surface area contributed by atoms with E-state index >= 15 is 0 Å². The summed E-state index contributed by atoms with van der Waals surface area (Å²) in [7, 11) is 0. The Labute approximate surface area is 158 Å². The van der Waals surface area contributed by atoms with Gasteiger partial charge in [-0.05, 0) is 17.7 Å². The van der Waals surface area contributed by atoms with Crippen LogP contribution in [0.1, 0.15) is 0 Å². The summed E-state index contributed by atoms with van der Waals surface area (Å²) in [5.74, 6) is -1.13. The number of benzene rings is 1. The van der Waals surface area contributed by atoms with Crippen molar-refractivity contribution in [3.8, 4) is 0 Å². The van der Waals surface area contributed by atoms with Crippen LogP contribution < -0.4 is 5.32 Å². The first kappa shape index (κ1) is 18.2. The summed E-state index contributed by atoms with van der Waals surface area (Å²) in [6.45, 7) is 0. The molecule has 2 heterocycles. The number of carboxylic acid groups (broad SMARTS) is 1. The zero-order chi connectivity index (χ0) is 18.0. The van der Waals surface area contributed by atoms with Crippen LogP contribution in [0.2, 0.25) is 0 Å². The van der Waals surface area contributed by atoms with E-state index in [1.54, 1.807) is 0 Å². The minimum Gasteiger partial charge on any atom is -0.477 e. The second-order valence-electron chi connectivity index (χ2n) is 5.45. The maximum Gasteiger partial charge on any atom is 0.352 e. The molecule has 6 nitrogen and oxygen atoms in total. The Morgan fingerprint density at radius 3 is 2.72 bits per heavy atom. The van der Waals surface area contributed by atoms with Crippen LogP contribution in [-0.4, -0.2) is 56.6 Å². The third-order valence-corrected chi connectivity index (χ3v) is 6.52. The van der Waals surface area contributed by atoms with Crippen molar-refractivity contribution in [1.29, 1.82) is 0 Å². The summed E-state index contributed by atoms with van der Waals surface area (Å²) >= 11 is 8.57. The molecule has 0 radical (unpaired) electrons. The van der Waals surface area contributed by atoms with Gasteiger partial charge in [-0.25, -0.2) is 4.79 Å². The van der Waals surface area contributed by atoms with E-state index in [0.29, 0.717) is 11.3 Å². The largest absolute Gasteiger partial charge is 0.477 e. The number of amides is 2. The first-order chi connectivity index (χ1) is 12.0. The zero-order valence-corrected chi connectivity index (χ0v) is 15.4. The van der Waals surface area contributed by atoms with Crippen molar-refractivity contribution in [3.05, 3.63) is 41.6 Å². The molecule has 1 aromatic rings. The van der Waals surface area contributed by atoms with Crippen molar-refractivity contribution in [2.75, 3.05) is 17.4 Å². The van der Waals surface area contributed by atoms with Crippen molar-refractivity contribution in [2.24, 2.45) is 0 Å². The molecule has 2 aliphatic heterocycles. The van der Waals surface area contributed by atoms with E-state index in [0.717, 1.165) is 4.90 Å². The van der Waals surface area contributed by atoms with Gasteiger partial charge in [-0.15, -0.1) is 35.1 Å². The van der Waals surface area contributed by atoms with Crippen molar-refractivity contribution in [3.63, 3.8) is 0 Å². The molecule has 2 atom stereocenters. The minimum absolute atomic E-state index is 0.0482. The molecule has 2 N–H and O–H groups in total. The number of aliphatic carboxylic acids is 1. The number of carboxylic acids is 1. The Morgan fingerprint density at radius 2 is 2.08 bits per heavy atom. The van der Waals surface area contributed by atoms with E-state index in [1.807, 2.05) is 30.3 Å². The van der Waals surface area contributed by atoms with E-state index in [2.05, 4.69) is 5.32 Å². The van der Waals surface area contributed by atoms with Gasteiger partial charge in [-0.3, -0.25) is 14.5 Å². The van der Waals surface area contributed by atoms with Crippen molar-refractivity contribution < 1.29 is 19.5 Å². The Balaban J connectivity index is 1.61. The lowest BCUT2D eigenvalue weighted by Crippen LogP contribution is -2.70. The molecule has 25 heavy (non-hydrogen) atoms. The average molecular weight is 399 g/mol. The summed E-state index contributed by atoms with van der Waals surface area (Å²) in [4.78, 5) is 38.1. The van der Waals surface area contributed by atoms with Gasteiger partial charge in [-0.2, -0.15) is 0 Å². The predicted molar refractivity (Wildman–Crippen MR) is 97.6 cm³/mol. The van der Waals surface area contributed by atoms with E-state index < -0.39 is 23.3 Å². The smallest absolute Gasteiger partial charge is 0.352 e. The topological polar surface area (TPSA) is 86.7 Å². The molecule has 0 saturated carbocycles. The van der Waals surface area contributed by atoms with Gasteiger partial charge in [0.25, 0.3) is 5.91 Å². The van der Waals surface area contributed by atoms with Crippen LogP contribution in [0.25, 0.3) is 0 Å². The number of rotatable bonds is 6. The number of nitrogens with zero attached hydrogens (tertiary/aromatic N) is 1. The molecule has 0 aromatic heterocycles. The Hall–Kier alpha value is -1.64. The quantitative estimate of drug-likeness (QED) is 0.431. The van der Waals surface area contributed by atoms with Gasteiger partial charge in [0.2, 0.25) is 5.91 Å². The summed E-state index contributed by atoms with van der Waals surface area (Å²) in [6, 6.07) is 8.79. The van der Waals surface area contributed by atoms with Crippen LogP contribution in [0.5, 0.6) is 0 Å². The normalized spacial score (nSPS) is 22.3. The molecule has 132 valence electrons. The van der Waals surface area contributed by atoms with Gasteiger partial charge in [0.15, 0.2) is 0 Å². The molecule has 1 fully saturated rings. The van der Waals surface area contributed by atoms with Crippen LogP contribution in [-0.2, 0) is 14.4 Å². The molecule has 0 spiro atoms. The molecule has 3 rings (SSSR count). The first-order valence-electron chi connectivity index (χ1n) is 7.46. The molecule has 1 saturated heterocycles. The lowest BCUT2D eigenvalue weighted by Gasteiger charge is -2.49. The third-order valence-electron chi connectivity index (χ3n) is 3.84. The Bertz CT molecular complexity index is 741. The van der Waals surface area contributed by atoms with Crippen LogP contribution >= 0.6 is 35.1 Å². The van der Waals surface area contributed by atoms with Gasteiger partial charge in [0.1, 0.15) is 17.1 Å². The number of fused-ring (bicyclic) bond motifs is 1. The second-order valence-corrected chi connectivity index (χ2v) is 7.87. The fraction of sp³-hybridized carbons (Fsp3) is 0.312. The van der Waals surface area contributed by atoms with Crippen LogP contribution in [0.15, 0.2) is 46.5 Å². The molecular weight excluding hydrogens is 384 g/mol. The molecule has 2 aliphatic rings. The number of β-lactam (4-membered cyclic amide) rings is 1. The highest BCUT2D eigenvalue weighted by atomic mass is 35.5. The van der Waals surface area contributed by atoms with Gasteiger partial charge < -0.3 is 10.4 Å². The molecular formula is C16H15ClN2O4S2. The van der Waals surface area contributed by atoms with Gasteiger partial charge in [0, 0.05) is 16.5 Å². The highest BCUT2D eigenvalue weighted by molar-refractivity contribution is 8.00. The van der Waals surface area contributed by atoms with Crippen LogP contribution in [0.4, 0.5) is 0 Å². The number of carbonyl (C=O) groups excluding carboxylic acids is 2. The highest BCUT2D eigenvalue weighted by Gasteiger charge is 2.53. The minimum atomic E-state index is -1.17. The maximum atomic E-state index is 12.3.